The smallest absolute Gasteiger partial charge is 0.304 e. The number of nitrogens with zero attached hydrogens (tertiary/aromatic N) is 1. The standard InChI is InChI=1S/C10H15NO3S/c1-8(6-9(12)13)15(14)7-10(2-3-10)4-5-11/h8H,2-4,6-7H2,1H3,(H,12,13). The molecular weight excluding hydrogens is 214 g/mol. The molecule has 1 rings (SSSR count). The molecule has 0 bridgehead atoms. The minimum atomic E-state index is -1.13. The Hall–Kier alpha value is -0.890. The Bertz CT molecular complexity index is 317. The third-order valence-corrected chi connectivity index (χ3v) is 4.73. The number of aliphatic carboxylic acids is 1. The van der Waals surface area contributed by atoms with Crippen LogP contribution in [0.2, 0.25) is 0 Å². The molecule has 1 aliphatic rings. The molecule has 0 heterocycles. The maximum Gasteiger partial charge on any atom is 0.304 e. The van der Waals surface area contributed by atoms with Crippen molar-refractivity contribution in [2.75, 3.05) is 5.75 Å². The van der Waals surface area contributed by atoms with Gasteiger partial charge in [0.2, 0.25) is 0 Å². The maximum absolute atomic E-state index is 11.7. The highest BCUT2D eigenvalue weighted by Crippen LogP contribution is 2.49. The summed E-state index contributed by atoms with van der Waals surface area (Å²) in [5.74, 6) is -0.435. The van der Waals surface area contributed by atoms with E-state index in [1.165, 1.54) is 0 Å². The van der Waals surface area contributed by atoms with Gasteiger partial charge in [-0.15, -0.1) is 0 Å². The van der Waals surface area contributed by atoms with Crippen molar-refractivity contribution in [1.82, 2.24) is 0 Å². The van der Waals surface area contributed by atoms with Crippen LogP contribution in [0.5, 0.6) is 0 Å². The zero-order valence-corrected chi connectivity index (χ0v) is 9.55. The minimum Gasteiger partial charge on any atom is -0.481 e. The third-order valence-electron chi connectivity index (χ3n) is 2.77. The summed E-state index contributed by atoms with van der Waals surface area (Å²) in [5, 5.41) is 16.8. The van der Waals surface area contributed by atoms with Crippen LogP contribution in [0.4, 0.5) is 0 Å². The van der Waals surface area contributed by atoms with E-state index in [2.05, 4.69) is 6.07 Å². The van der Waals surface area contributed by atoms with Gasteiger partial charge in [-0.3, -0.25) is 9.00 Å². The molecule has 0 radical (unpaired) electrons. The molecule has 0 aromatic rings. The number of carboxylic acid groups (broad SMARTS) is 1. The van der Waals surface area contributed by atoms with Crippen molar-refractivity contribution in [1.29, 1.82) is 5.26 Å². The molecule has 1 fully saturated rings. The van der Waals surface area contributed by atoms with Crippen LogP contribution in [-0.4, -0.2) is 26.3 Å². The molecule has 0 aromatic carbocycles. The van der Waals surface area contributed by atoms with Gasteiger partial charge in [0.1, 0.15) is 0 Å². The van der Waals surface area contributed by atoms with Crippen LogP contribution in [0.3, 0.4) is 0 Å². The second-order valence-electron chi connectivity index (χ2n) is 4.27. The molecule has 4 nitrogen and oxygen atoms in total. The second-order valence-corrected chi connectivity index (χ2v) is 6.12. The van der Waals surface area contributed by atoms with Crippen LogP contribution < -0.4 is 0 Å². The highest BCUT2D eigenvalue weighted by molar-refractivity contribution is 7.85. The normalized spacial score (nSPS) is 21.3. The molecule has 0 amide bonds. The van der Waals surface area contributed by atoms with E-state index in [4.69, 9.17) is 10.4 Å². The van der Waals surface area contributed by atoms with Gasteiger partial charge in [-0.2, -0.15) is 5.26 Å². The number of hydrogen-bond acceptors (Lipinski definition) is 3. The summed E-state index contributed by atoms with van der Waals surface area (Å²) in [4.78, 5) is 10.4. The van der Waals surface area contributed by atoms with Gasteiger partial charge in [0.25, 0.3) is 0 Å². The van der Waals surface area contributed by atoms with Crippen LogP contribution in [0.1, 0.15) is 32.6 Å². The molecule has 1 saturated carbocycles. The van der Waals surface area contributed by atoms with Gasteiger partial charge in [0, 0.05) is 28.2 Å². The van der Waals surface area contributed by atoms with Gasteiger partial charge >= 0.3 is 5.97 Å². The van der Waals surface area contributed by atoms with Crippen LogP contribution in [0.15, 0.2) is 0 Å². The van der Waals surface area contributed by atoms with Crippen LogP contribution in [0.25, 0.3) is 0 Å². The van der Waals surface area contributed by atoms with E-state index in [9.17, 15) is 9.00 Å². The van der Waals surface area contributed by atoms with Gasteiger partial charge in [-0.25, -0.2) is 0 Å². The lowest BCUT2D eigenvalue weighted by Gasteiger charge is -2.14. The summed E-state index contributed by atoms with van der Waals surface area (Å²) in [6, 6.07) is 2.10. The lowest BCUT2D eigenvalue weighted by atomic mass is 10.1. The van der Waals surface area contributed by atoms with Gasteiger partial charge in [0.15, 0.2) is 0 Å². The monoisotopic (exact) mass is 229 g/mol. The van der Waals surface area contributed by atoms with E-state index in [0.29, 0.717) is 12.2 Å². The molecule has 2 atom stereocenters. The average Bonchev–Trinajstić information content (AvgIpc) is 2.84. The summed E-state index contributed by atoms with van der Waals surface area (Å²) in [6.07, 6.45) is 2.28. The Kier molecular flexibility index (Phi) is 3.86. The van der Waals surface area contributed by atoms with E-state index in [1.807, 2.05) is 0 Å². The molecular formula is C10H15NO3S. The van der Waals surface area contributed by atoms with Crippen molar-refractivity contribution in [2.45, 2.75) is 37.9 Å². The zero-order chi connectivity index (χ0) is 11.5. The molecule has 5 heteroatoms. The molecule has 1 aliphatic carbocycles. The Labute approximate surface area is 91.7 Å². The predicted molar refractivity (Wildman–Crippen MR) is 56.6 cm³/mol. The van der Waals surface area contributed by atoms with Crippen molar-refractivity contribution in [2.24, 2.45) is 5.41 Å². The molecule has 84 valence electrons. The maximum atomic E-state index is 11.7. The first-order valence-corrected chi connectivity index (χ1v) is 6.33. The SMILES string of the molecule is CC(CC(=O)O)S(=O)CC1(CC#N)CC1. The van der Waals surface area contributed by atoms with Crippen molar-refractivity contribution in [3.63, 3.8) is 0 Å². The van der Waals surface area contributed by atoms with Crippen LogP contribution in [0, 0.1) is 16.7 Å². The average molecular weight is 229 g/mol. The Morgan fingerprint density at radius 2 is 2.27 bits per heavy atom. The largest absolute Gasteiger partial charge is 0.481 e. The molecule has 0 spiro atoms. The summed E-state index contributed by atoms with van der Waals surface area (Å²) in [5.41, 5.74) is -0.0631. The van der Waals surface area contributed by atoms with Crippen molar-refractivity contribution < 1.29 is 14.1 Å². The third kappa shape index (κ3) is 3.63. The fourth-order valence-corrected chi connectivity index (χ4v) is 3.11. The van der Waals surface area contributed by atoms with E-state index in [1.54, 1.807) is 6.92 Å². The Balaban J connectivity index is 2.42. The van der Waals surface area contributed by atoms with Gasteiger partial charge in [-0.05, 0) is 18.3 Å². The molecule has 15 heavy (non-hydrogen) atoms. The van der Waals surface area contributed by atoms with Gasteiger partial charge in [0.05, 0.1) is 12.5 Å². The highest BCUT2D eigenvalue weighted by atomic mass is 32.2. The quantitative estimate of drug-likeness (QED) is 0.744. The number of rotatable bonds is 6. The predicted octanol–water partition coefficient (Wildman–Crippen LogP) is 1.29. The van der Waals surface area contributed by atoms with E-state index in [-0.39, 0.29) is 17.1 Å². The summed E-state index contributed by atoms with van der Waals surface area (Å²) < 4.78 is 11.7. The Morgan fingerprint density at radius 3 is 2.67 bits per heavy atom. The first-order valence-electron chi connectivity index (χ1n) is 4.95. The lowest BCUT2D eigenvalue weighted by molar-refractivity contribution is -0.136. The number of hydrogen-bond donors (Lipinski definition) is 1. The van der Waals surface area contributed by atoms with Crippen molar-refractivity contribution in [3.05, 3.63) is 0 Å². The number of carbonyl (C=O) groups is 1. The summed E-state index contributed by atoms with van der Waals surface area (Å²) >= 11 is 0. The van der Waals surface area contributed by atoms with Gasteiger partial charge < -0.3 is 5.11 Å². The fourth-order valence-electron chi connectivity index (χ4n) is 1.50. The molecule has 1 N–H and O–H groups in total. The van der Waals surface area contributed by atoms with Crippen molar-refractivity contribution in [3.8, 4) is 6.07 Å². The van der Waals surface area contributed by atoms with Gasteiger partial charge in [-0.1, -0.05) is 6.92 Å². The molecule has 2 unspecified atom stereocenters. The van der Waals surface area contributed by atoms with E-state index < -0.39 is 16.8 Å². The first-order chi connectivity index (χ1) is 6.99. The zero-order valence-electron chi connectivity index (χ0n) is 8.73. The lowest BCUT2D eigenvalue weighted by Crippen LogP contribution is -2.22. The van der Waals surface area contributed by atoms with Crippen LogP contribution in [-0.2, 0) is 15.6 Å². The molecule has 0 aliphatic heterocycles. The summed E-state index contributed by atoms with van der Waals surface area (Å²) in [6.45, 7) is 1.69. The molecule has 0 aromatic heterocycles. The number of nitriles is 1. The highest BCUT2D eigenvalue weighted by Gasteiger charge is 2.44. The van der Waals surface area contributed by atoms with E-state index >= 15 is 0 Å². The fraction of sp³-hybridized carbons (Fsp3) is 0.800. The van der Waals surface area contributed by atoms with Crippen LogP contribution >= 0.6 is 0 Å². The minimum absolute atomic E-state index is 0.0603. The van der Waals surface area contributed by atoms with Crippen molar-refractivity contribution >= 4 is 16.8 Å². The Morgan fingerprint density at radius 1 is 1.67 bits per heavy atom. The topological polar surface area (TPSA) is 78.2 Å². The first kappa shape index (κ1) is 12.2. The molecule has 0 saturated heterocycles. The number of carboxylic acids is 1. The van der Waals surface area contributed by atoms with E-state index in [0.717, 1.165) is 12.8 Å². The summed E-state index contributed by atoms with van der Waals surface area (Å²) in [7, 11) is -1.13. The second kappa shape index (κ2) is 4.75.